The molecule has 0 N–H and O–H groups in total. The zero-order valence-electron chi connectivity index (χ0n) is 10.5. The number of hydrogen-bond acceptors (Lipinski definition) is 2. The van der Waals surface area contributed by atoms with Crippen molar-refractivity contribution >= 4 is 6.21 Å². The van der Waals surface area contributed by atoms with Crippen LogP contribution in [0.3, 0.4) is 0 Å². The lowest BCUT2D eigenvalue weighted by Gasteiger charge is -2.12. The summed E-state index contributed by atoms with van der Waals surface area (Å²) < 4.78 is 0. The molecule has 1 aromatic heterocycles. The molecule has 0 bridgehead atoms. The van der Waals surface area contributed by atoms with Crippen LogP contribution >= 0.6 is 0 Å². The minimum absolute atomic E-state index is 0.542. The normalized spacial score (nSPS) is 11.0. The third-order valence-electron chi connectivity index (χ3n) is 2.01. The van der Waals surface area contributed by atoms with Gasteiger partial charge in [0.2, 0.25) is 0 Å². The van der Waals surface area contributed by atoms with Gasteiger partial charge in [-0.1, -0.05) is 40.2 Å². The van der Waals surface area contributed by atoms with E-state index in [0.29, 0.717) is 5.41 Å². The first-order chi connectivity index (χ1) is 6.99. The van der Waals surface area contributed by atoms with E-state index in [1.54, 1.807) is 19.5 Å². The molecular formula is C13H22N2. The Hall–Kier alpha value is -1.18. The lowest BCUT2D eigenvalue weighted by Crippen LogP contribution is -2.00. The summed E-state index contributed by atoms with van der Waals surface area (Å²) in [6.07, 6.45) is 4.74. The Morgan fingerprint density at radius 3 is 2.27 bits per heavy atom. The van der Waals surface area contributed by atoms with Gasteiger partial charge in [0.25, 0.3) is 0 Å². The standard InChI is InChI=1S/C7H8N2.C6H14/c1-8-6-7-4-2-3-5-9-7;1-5-6(2,3)4/h2-6H,1H3;5H2,1-4H3. The minimum Gasteiger partial charge on any atom is -0.294 e. The van der Waals surface area contributed by atoms with E-state index in [0.717, 1.165) is 5.69 Å². The predicted molar refractivity (Wildman–Crippen MR) is 67.5 cm³/mol. The zero-order valence-corrected chi connectivity index (χ0v) is 10.5. The Balaban J connectivity index is 0.000000288. The monoisotopic (exact) mass is 206 g/mol. The molecule has 0 spiro atoms. The van der Waals surface area contributed by atoms with Crippen LogP contribution in [0.5, 0.6) is 0 Å². The largest absolute Gasteiger partial charge is 0.294 e. The van der Waals surface area contributed by atoms with Crippen molar-refractivity contribution in [3.63, 3.8) is 0 Å². The molecule has 0 fully saturated rings. The average Bonchev–Trinajstić information content (AvgIpc) is 2.20. The third-order valence-corrected chi connectivity index (χ3v) is 2.01. The lowest BCUT2D eigenvalue weighted by atomic mass is 9.94. The van der Waals surface area contributed by atoms with Crippen LogP contribution in [0, 0.1) is 5.41 Å². The SMILES string of the molecule is CCC(C)(C)C.CN=Cc1ccccn1. The number of aromatic nitrogens is 1. The van der Waals surface area contributed by atoms with Crippen molar-refractivity contribution in [2.45, 2.75) is 34.1 Å². The first kappa shape index (κ1) is 13.8. The predicted octanol–water partition coefficient (Wildman–Crippen LogP) is 3.57. The second kappa shape index (κ2) is 7.16. The molecular weight excluding hydrogens is 184 g/mol. The Labute approximate surface area is 93.5 Å². The molecule has 0 saturated heterocycles. The highest BCUT2D eigenvalue weighted by molar-refractivity contribution is 5.76. The summed E-state index contributed by atoms with van der Waals surface area (Å²) >= 11 is 0. The van der Waals surface area contributed by atoms with Gasteiger partial charge in [0, 0.05) is 19.5 Å². The second-order valence-corrected chi connectivity index (χ2v) is 4.56. The van der Waals surface area contributed by atoms with Crippen molar-refractivity contribution in [1.82, 2.24) is 4.98 Å². The van der Waals surface area contributed by atoms with Gasteiger partial charge in [-0.05, 0) is 17.5 Å². The average molecular weight is 206 g/mol. The van der Waals surface area contributed by atoms with E-state index in [-0.39, 0.29) is 0 Å². The molecule has 0 atom stereocenters. The molecule has 1 aromatic rings. The van der Waals surface area contributed by atoms with E-state index >= 15 is 0 Å². The summed E-state index contributed by atoms with van der Waals surface area (Å²) in [5.74, 6) is 0. The van der Waals surface area contributed by atoms with Crippen LogP contribution in [0.2, 0.25) is 0 Å². The van der Waals surface area contributed by atoms with Crippen LogP contribution in [-0.2, 0) is 0 Å². The van der Waals surface area contributed by atoms with Gasteiger partial charge in [-0.15, -0.1) is 0 Å². The number of hydrogen-bond donors (Lipinski definition) is 0. The van der Waals surface area contributed by atoms with E-state index in [9.17, 15) is 0 Å². The van der Waals surface area contributed by atoms with Crippen molar-refractivity contribution in [3.8, 4) is 0 Å². The fourth-order valence-corrected chi connectivity index (χ4v) is 0.585. The fraction of sp³-hybridized carbons (Fsp3) is 0.538. The summed E-state index contributed by atoms with van der Waals surface area (Å²) in [6.45, 7) is 8.94. The molecule has 0 radical (unpaired) electrons. The molecule has 0 saturated carbocycles. The quantitative estimate of drug-likeness (QED) is 0.645. The molecule has 0 unspecified atom stereocenters. The van der Waals surface area contributed by atoms with E-state index < -0.39 is 0 Å². The molecule has 1 rings (SSSR count). The van der Waals surface area contributed by atoms with Crippen molar-refractivity contribution < 1.29 is 0 Å². The second-order valence-electron chi connectivity index (χ2n) is 4.56. The molecule has 1 heterocycles. The van der Waals surface area contributed by atoms with Gasteiger partial charge in [0.15, 0.2) is 0 Å². The Morgan fingerprint density at radius 2 is 1.93 bits per heavy atom. The summed E-state index contributed by atoms with van der Waals surface area (Å²) in [4.78, 5) is 7.84. The van der Waals surface area contributed by atoms with Gasteiger partial charge in [-0.25, -0.2) is 0 Å². The Morgan fingerprint density at radius 1 is 1.33 bits per heavy atom. The van der Waals surface area contributed by atoms with Gasteiger partial charge in [0.1, 0.15) is 0 Å². The van der Waals surface area contributed by atoms with Gasteiger partial charge < -0.3 is 0 Å². The van der Waals surface area contributed by atoms with Crippen molar-refractivity contribution in [2.75, 3.05) is 7.05 Å². The Bertz CT molecular complexity index is 270. The maximum Gasteiger partial charge on any atom is 0.0807 e. The van der Waals surface area contributed by atoms with Crippen LogP contribution in [0.25, 0.3) is 0 Å². The topological polar surface area (TPSA) is 25.2 Å². The fourth-order valence-electron chi connectivity index (χ4n) is 0.585. The molecule has 0 aliphatic carbocycles. The lowest BCUT2D eigenvalue weighted by molar-refractivity contribution is 0.398. The minimum atomic E-state index is 0.542. The highest BCUT2D eigenvalue weighted by Gasteiger charge is 2.03. The molecule has 0 amide bonds. The summed E-state index contributed by atoms with van der Waals surface area (Å²) in [7, 11) is 1.73. The molecule has 0 aliphatic rings. The number of rotatable bonds is 1. The van der Waals surface area contributed by atoms with Gasteiger partial charge in [-0.2, -0.15) is 0 Å². The summed E-state index contributed by atoms with van der Waals surface area (Å²) in [5, 5.41) is 0. The van der Waals surface area contributed by atoms with Crippen molar-refractivity contribution in [3.05, 3.63) is 30.1 Å². The maximum atomic E-state index is 4.02. The van der Waals surface area contributed by atoms with Crippen LogP contribution < -0.4 is 0 Å². The highest BCUT2D eigenvalue weighted by atomic mass is 14.7. The highest BCUT2D eigenvalue weighted by Crippen LogP contribution is 2.16. The Kier molecular flexibility index (Phi) is 6.59. The number of aliphatic imine (C=N–C) groups is 1. The van der Waals surface area contributed by atoms with E-state index in [2.05, 4.69) is 37.7 Å². The number of pyridine rings is 1. The summed E-state index contributed by atoms with van der Waals surface area (Å²) in [6, 6.07) is 5.73. The van der Waals surface area contributed by atoms with Crippen LogP contribution in [0.1, 0.15) is 39.8 Å². The van der Waals surface area contributed by atoms with Crippen LogP contribution in [0.15, 0.2) is 29.4 Å². The smallest absolute Gasteiger partial charge is 0.0807 e. The molecule has 15 heavy (non-hydrogen) atoms. The van der Waals surface area contributed by atoms with E-state index in [1.165, 1.54) is 6.42 Å². The molecule has 2 heteroatoms. The third kappa shape index (κ3) is 9.13. The van der Waals surface area contributed by atoms with Gasteiger partial charge in [0.05, 0.1) is 5.69 Å². The summed E-state index contributed by atoms with van der Waals surface area (Å²) in [5.41, 5.74) is 1.44. The van der Waals surface area contributed by atoms with Gasteiger partial charge >= 0.3 is 0 Å². The van der Waals surface area contributed by atoms with E-state index in [1.807, 2.05) is 18.2 Å². The van der Waals surface area contributed by atoms with E-state index in [4.69, 9.17) is 0 Å². The first-order valence-electron chi connectivity index (χ1n) is 5.33. The van der Waals surface area contributed by atoms with Crippen LogP contribution in [-0.4, -0.2) is 18.2 Å². The zero-order chi connectivity index (χ0) is 11.7. The van der Waals surface area contributed by atoms with Crippen molar-refractivity contribution in [1.29, 1.82) is 0 Å². The molecule has 2 nitrogen and oxygen atoms in total. The maximum absolute atomic E-state index is 4.02. The number of nitrogens with zero attached hydrogens (tertiary/aromatic N) is 2. The van der Waals surface area contributed by atoms with Crippen molar-refractivity contribution in [2.24, 2.45) is 10.4 Å². The van der Waals surface area contributed by atoms with Gasteiger partial charge in [-0.3, -0.25) is 9.98 Å². The molecule has 0 aromatic carbocycles. The first-order valence-corrected chi connectivity index (χ1v) is 5.33. The van der Waals surface area contributed by atoms with Crippen LogP contribution in [0.4, 0.5) is 0 Å². The molecule has 0 aliphatic heterocycles. The molecule has 84 valence electrons.